The molecule has 2 aromatic carbocycles. The van der Waals surface area contributed by atoms with Crippen LogP contribution in [0.1, 0.15) is 10.4 Å². The molecule has 2 rings (SSSR count). The summed E-state index contributed by atoms with van der Waals surface area (Å²) in [6, 6.07) is 6.70. The highest BCUT2D eigenvalue weighted by Crippen LogP contribution is 2.25. The van der Waals surface area contributed by atoms with Gasteiger partial charge in [-0.1, -0.05) is 0 Å². The lowest BCUT2D eigenvalue weighted by atomic mass is 10.1. The molecule has 0 radical (unpaired) electrons. The maximum atomic E-state index is 13.4. The SMILES string of the molecule is O=C(Nc1ccc(O)cc1F)c1ccc(O)cc1O. The summed E-state index contributed by atoms with van der Waals surface area (Å²) in [7, 11) is 0. The fourth-order valence-electron chi connectivity index (χ4n) is 1.51. The van der Waals surface area contributed by atoms with Gasteiger partial charge in [0.25, 0.3) is 5.91 Å². The second-order valence-electron chi connectivity index (χ2n) is 3.82. The van der Waals surface area contributed by atoms with Crippen LogP contribution >= 0.6 is 0 Å². The normalized spacial score (nSPS) is 10.2. The lowest BCUT2D eigenvalue weighted by Crippen LogP contribution is -2.13. The Balaban J connectivity index is 2.25. The van der Waals surface area contributed by atoms with Crippen LogP contribution in [0, 0.1) is 5.82 Å². The maximum absolute atomic E-state index is 13.4. The number of carbonyl (C=O) groups excluding carboxylic acids is 1. The van der Waals surface area contributed by atoms with Crippen LogP contribution in [0.15, 0.2) is 36.4 Å². The molecule has 6 heteroatoms. The van der Waals surface area contributed by atoms with Crippen molar-refractivity contribution in [3.8, 4) is 17.2 Å². The molecule has 1 amide bonds. The van der Waals surface area contributed by atoms with E-state index in [-0.39, 0.29) is 22.7 Å². The third-order valence-corrected chi connectivity index (χ3v) is 2.43. The topological polar surface area (TPSA) is 89.8 Å². The number of hydrogen-bond donors (Lipinski definition) is 4. The molecule has 0 heterocycles. The Kier molecular flexibility index (Phi) is 3.24. The zero-order valence-corrected chi connectivity index (χ0v) is 9.59. The van der Waals surface area contributed by atoms with Crippen molar-refractivity contribution in [1.29, 1.82) is 0 Å². The minimum atomic E-state index is -0.799. The molecule has 2 aromatic rings. The summed E-state index contributed by atoms with van der Waals surface area (Å²) >= 11 is 0. The Morgan fingerprint density at radius 3 is 2.26 bits per heavy atom. The van der Waals surface area contributed by atoms with Gasteiger partial charge in [-0.3, -0.25) is 4.79 Å². The van der Waals surface area contributed by atoms with Gasteiger partial charge in [-0.05, 0) is 24.3 Å². The van der Waals surface area contributed by atoms with Gasteiger partial charge in [-0.15, -0.1) is 0 Å². The third-order valence-electron chi connectivity index (χ3n) is 2.43. The molecule has 19 heavy (non-hydrogen) atoms. The number of carbonyl (C=O) groups is 1. The van der Waals surface area contributed by atoms with Gasteiger partial charge in [0.05, 0.1) is 11.3 Å². The first-order chi connectivity index (χ1) is 8.97. The van der Waals surface area contributed by atoms with E-state index in [0.717, 1.165) is 12.1 Å². The summed E-state index contributed by atoms with van der Waals surface area (Å²) in [5, 5.41) is 29.9. The average Bonchev–Trinajstić information content (AvgIpc) is 2.32. The highest BCUT2D eigenvalue weighted by Gasteiger charge is 2.14. The Bertz CT molecular complexity index is 643. The van der Waals surface area contributed by atoms with Gasteiger partial charge in [0.2, 0.25) is 0 Å². The molecule has 0 aromatic heterocycles. The van der Waals surface area contributed by atoms with E-state index in [2.05, 4.69) is 5.32 Å². The van der Waals surface area contributed by atoms with E-state index < -0.39 is 17.5 Å². The molecular formula is C13H10FNO4. The van der Waals surface area contributed by atoms with Crippen molar-refractivity contribution in [3.63, 3.8) is 0 Å². The van der Waals surface area contributed by atoms with Crippen LogP contribution < -0.4 is 5.32 Å². The van der Waals surface area contributed by atoms with Gasteiger partial charge >= 0.3 is 0 Å². The number of phenols is 3. The number of nitrogens with one attached hydrogen (secondary N) is 1. The zero-order valence-electron chi connectivity index (χ0n) is 9.59. The van der Waals surface area contributed by atoms with Crippen LogP contribution in [-0.2, 0) is 0 Å². The Morgan fingerprint density at radius 2 is 1.63 bits per heavy atom. The fraction of sp³-hybridized carbons (Fsp3) is 0. The van der Waals surface area contributed by atoms with Gasteiger partial charge in [0.15, 0.2) is 0 Å². The minimum Gasteiger partial charge on any atom is -0.508 e. The number of phenolic OH excluding ortho intramolecular Hbond substituents is 3. The van der Waals surface area contributed by atoms with Crippen molar-refractivity contribution in [1.82, 2.24) is 0 Å². The molecule has 0 unspecified atom stereocenters. The third kappa shape index (κ3) is 2.74. The molecule has 0 aliphatic carbocycles. The summed E-state index contributed by atoms with van der Waals surface area (Å²) in [4.78, 5) is 11.8. The van der Waals surface area contributed by atoms with Gasteiger partial charge in [0.1, 0.15) is 23.1 Å². The molecule has 0 aliphatic heterocycles. The lowest BCUT2D eigenvalue weighted by molar-refractivity contribution is 0.102. The molecule has 0 bridgehead atoms. The standard InChI is InChI=1S/C13H10FNO4/c14-10-5-7(16)2-4-11(10)15-13(19)9-3-1-8(17)6-12(9)18/h1-6,16-18H,(H,15,19). The highest BCUT2D eigenvalue weighted by atomic mass is 19.1. The number of halogens is 1. The van der Waals surface area contributed by atoms with Gasteiger partial charge in [-0.2, -0.15) is 0 Å². The first kappa shape index (κ1) is 12.7. The largest absolute Gasteiger partial charge is 0.508 e. The van der Waals surface area contributed by atoms with Crippen LogP contribution in [0.2, 0.25) is 0 Å². The monoisotopic (exact) mass is 263 g/mol. The minimum absolute atomic E-state index is 0.106. The summed E-state index contributed by atoms with van der Waals surface area (Å²) < 4.78 is 13.4. The molecular weight excluding hydrogens is 253 g/mol. The molecule has 0 saturated carbocycles. The van der Waals surface area contributed by atoms with Crippen molar-refractivity contribution >= 4 is 11.6 Å². The molecule has 4 N–H and O–H groups in total. The average molecular weight is 263 g/mol. The van der Waals surface area contributed by atoms with Gasteiger partial charge < -0.3 is 20.6 Å². The van der Waals surface area contributed by atoms with Crippen molar-refractivity contribution in [2.75, 3.05) is 5.32 Å². The summed E-state index contributed by atoms with van der Waals surface area (Å²) in [5.74, 6) is -2.40. The number of rotatable bonds is 2. The lowest BCUT2D eigenvalue weighted by Gasteiger charge is -2.08. The fourth-order valence-corrected chi connectivity index (χ4v) is 1.51. The summed E-state index contributed by atoms with van der Waals surface area (Å²) in [5.41, 5.74) is -0.236. The molecule has 0 fully saturated rings. The van der Waals surface area contributed by atoms with Crippen LogP contribution in [0.5, 0.6) is 17.2 Å². The van der Waals surface area contributed by atoms with E-state index in [1.54, 1.807) is 0 Å². The predicted octanol–water partition coefficient (Wildman–Crippen LogP) is 2.19. The predicted molar refractivity (Wildman–Crippen MR) is 65.8 cm³/mol. The molecule has 5 nitrogen and oxygen atoms in total. The van der Waals surface area contributed by atoms with E-state index in [1.165, 1.54) is 24.3 Å². The number of hydrogen-bond acceptors (Lipinski definition) is 4. The van der Waals surface area contributed by atoms with Crippen LogP contribution in [-0.4, -0.2) is 21.2 Å². The van der Waals surface area contributed by atoms with Crippen molar-refractivity contribution in [2.45, 2.75) is 0 Å². The van der Waals surface area contributed by atoms with Crippen LogP contribution in [0.3, 0.4) is 0 Å². The van der Waals surface area contributed by atoms with E-state index >= 15 is 0 Å². The Hall–Kier alpha value is -2.76. The Morgan fingerprint density at radius 1 is 1.00 bits per heavy atom. The van der Waals surface area contributed by atoms with E-state index in [4.69, 9.17) is 10.2 Å². The van der Waals surface area contributed by atoms with E-state index in [0.29, 0.717) is 0 Å². The number of aromatic hydroxyl groups is 3. The van der Waals surface area contributed by atoms with Crippen LogP contribution in [0.25, 0.3) is 0 Å². The van der Waals surface area contributed by atoms with Crippen LogP contribution in [0.4, 0.5) is 10.1 Å². The summed E-state index contributed by atoms with van der Waals surface area (Å²) in [6.07, 6.45) is 0. The molecule has 0 atom stereocenters. The maximum Gasteiger partial charge on any atom is 0.259 e. The summed E-state index contributed by atoms with van der Waals surface area (Å²) in [6.45, 7) is 0. The Labute approximate surface area is 107 Å². The van der Waals surface area contributed by atoms with Crippen molar-refractivity contribution in [3.05, 3.63) is 47.8 Å². The highest BCUT2D eigenvalue weighted by molar-refractivity contribution is 6.06. The van der Waals surface area contributed by atoms with Gasteiger partial charge in [-0.25, -0.2) is 4.39 Å². The molecule has 0 aliphatic rings. The van der Waals surface area contributed by atoms with E-state index in [1.807, 2.05) is 0 Å². The second kappa shape index (κ2) is 4.85. The van der Waals surface area contributed by atoms with E-state index in [9.17, 15) is 14.3 Å². The first-order valence-electron chi connectivity index (χ1n) is 5.29. The number of benzene rings is 2. The number of amides is 1. The smallest absolute Gasteiger partial charge is 0.259 e. The zero-order chi connectivity index (χ0) is 14.0. The quantitative estimate of drug-likeness (QED) is 0.625. The molecule has 0 spiro atoms. The second-order valence-corrected chi connectivity index (χ2v) is 3.82. The van der Waals surface area contributed by atoms with Crippen molar-refractivity contribution in [2.24, 2.45) is 0 Å². The number of anilines is 1. The van der Waals surface area contributed by atoms with Gasteiger partial charge in [0, 0.05) is 12.1 Å². The van der Waals surface area contributed by atoms with Crippen molar-refractivity contribution < 1.29 is 24.5 Å². The molecule has 0 saturated heterocycles. The first-order valence-corrected chi connectivity index (χ1v) is 5.29. The molecule has 98 valence electrons.